The lowest BCUT2D eigenvalue weighted by atomic mass is 9.92. The van der Waals surface area contributed by atoms with Crippen molar-refractivity contribution in [3.63, 3.8) is 0 Å². The molecule has 0 N–H and O–H groups in total. The first-order valence-corrected chi connectivity index (χ1v) is 11.6. The molecule has 0 amide bonds. The average molecular weight is 452 g/mol. The van der Waals surface area contributed by atoms with Gasteiger partial charge in [0.05, 0.1) is 6.04 Å². The number of likely N-dealkylation sites (tertiary alicyclic amines) is 1. The van der Waals surface area contributed by atoms with Crippen molar-refractivity contribution in [3.05, 3.63) is 101 Å². The molecule has 1 aromatic heterocycles. The number of nitrogens with zero attached hydrogens (tertiary/aromatic N) is 3. The van der Waals surface area contributed by atoms with Crippen molar-refractivity contribution < 1.29 is 13.2 Å². The Bertz CT molecular complexity index is 1020. The number of halogens is 3. The molecule has 172 valence electrons. The molecule has 6 heteroatoms. The molecule has 2 aliphatic rings. The highest BCUT2D eigenvalue weighted by Gasteiger charge is 2.35. The maximum atomic E-state index is 13.0. The molecule has 3 heterocycles. The van der Waals surface area contributed by atoms with Gasteiger partial charge < -0.3 is 0 Å². The van der Waals surface area contributed by atoms with Gasteiger partial charge in [-0.15, -0.1) is 0 Å². The molecule has 2 aliphatic heterocycles. The Balaban J connectivity index is 1.27. The van der Waals surface area contributed by atoms with Gasteiger partial charge in [-0.3, -0.25) is 14.8 Å². The van der Waals surface area contributed by atoms with Gasteiger partial charge in [-0.25, -0.2) is 0 Å². The quantitative estimate of drug-likeness (QED) is 0.506. The number of hydrogen-bond donors (Lipinski definition) is 0. The van der Waals surface area contributed by atoms with Crippen LogP contribution in [0.1, 0.15) is 46.8 Å². The van der Waals surface area contributed by atoms with Crippen molar-refractivity contribution in [2.45, 2.75) is 44.1 Å². The van der Waals surface area contributed by atoms with Crippen LogP contribution in [0.5, 0.6) is 0 Å². The zero-order chi connectivity index (χ0) is 22.8. The van der Waals surface area contributed by atoms with Crippen LogP contribution in [0.3, 0.4) is 0 Å². The van der Waals surface area contributed by atoms with Crippen LogP contribution >= 0.6 is 0 Å². The minimum Gasteiger partial charge on any atom is -0.296 e. The highest BCUT2D eigenvalue weighted by molar-refractivity contribution is 5.32. The first kappa shape index (κ1) is 22.1. The zero-order valence-electron chi connectivity index (χ0n) is 18.5. The Morgan fingerprint density at radius 2 is 1.42 bits per heavy atom. The number of pyridine rings is 1. The summed E-state index contributed by atoms with van der Waals surface area (Å²) in [5.41, 5.74) is 3.56. The summed E-state index contributed by atoms with van der Waals surface area (Å²) in [6.07, 6.45) is -0.190. The second-order valence-corrected chi connectivity index (χ2v) is 9.05. The highest BCUT2D eigenvalue weighted by Crippen LogP contribution is 2.34. The van der Waals surface area contributed by atoms with Gasteiger partial charge in [-0.1, -0.05) is 60.7 Å². The Morgan fingerprint density at radius 1 is 0.818 bits per heavy atom. The van der Waals surface area contributed by atoms with E-state index < -0.39 is 11.9 Å². The fourth-order valence-corrected chi connectivity index (χ4v) is 5.32. The normalized spacial score (nSPS) is 18.4. The van der Waals surface area contributed by atoms with E-state index in [-0.39, 0.29) is 6.04 Å². The van der Waals surface area contributed by atoms with E-state index >= 15 is 0 Å². The van der Waals surface area contributed by atoms with Crippen molar-refractivity contribution in [2.24, 2.45) is 0 Å². The number of alkyl halides is 3. The third-order valence-electron chi connectivity index (χ3n) is 7.03. The lowest BCUT2D eigenvalue weighted by molar-refractivity contribution is -0.141. The van der Waals surface area contributed by atoms with Gasteiger partial charge in [0.1, 0.15) is 5.69 Å². The first-order valence-electron chi connectivity index (χ1n) is 11.6. The van der Waals surface area contributed by atoms with Crippen molar-refractivity contribution in [3.8, 4) is 0 Å². The summed E-state index contributed by atoms with van der Waals surface area (Å²) in [7, 11) is 0. The second-order valence-electron chi connectivity index (χ2n) is 9.05. The Hall–Kier alpha value is -2.70. The van der Waals surface area contributed by atoms with E-state index in [4.69, 9.17) is 0 Å². The average Bonchev–Trinajstić information content (AvgIpc) is 2.85. The van der Waals surface area contributed by atoms with E-state index in [9.17, 15) is 13.2 Å². The van der Waals surface area contributed by atoms with Gasteiger partial charge in [0, 0.05) is 38.4 Å². The van der Waals surface area contributed by atoms with E-state index in [1.54, 1.807) is 0 Å². The maximum absolute atomic E-state index is 13.0. The van der Waals surface area contributed by atoms with Gasteiger partial charge in [-0.05, 0) is 47.6 Å². The number of aromatic nitrogens is 1. The molecule has 0 spiro atoms. The maximum Gasteiger partial charge on any atom is 0.433 e. The van der Waals surface area contributed by atoms with Crippen molar-refractivity contribution in [2.75, 3.05) is 19.6 Å². The van der Waals surface area contributed by atoms with Crippen LogP contribution < -0.4 is 0 Å². The Morgan fingerprint density at radius 3 is 2.00 bits per heavy atom. The molecule has 1 fully saturated rings. The molecule has 3 nitrogen and oxygen atoms in total. The molecule has 0 saturated carbocycles. The molecular weight excluding hydrogens is 423 g/mol. The number of rotatable bonds is 4. The number of benzene rings is 2. The molecule has 5 rings (SSSR count). The standard InChI is InChI=1S/C27H28F3N3/c28-27(29,30)25-17-22-11-14-33(19-23(22)18-31-25)24-12-15-32(16-13-24)26(20-7-3-1-4-8-20)21-9-5-2-6-10-21/h1-10,17-18,24,26H,11-16,19H2. The molecule has 33 heavy (non-hydrogen) atoms. The van der Waals surface area contributed by atoms with Crippen LogP contribution in [0, 0.1) is 0 Å². The Kier molecular flexibility index (Phi) is 6.21. The van der Waals surface area contributed by atoms with Gasteiger partial charge in [0.25, 0.3) is 0 Å². The third kappa shape index (κ3) is 4.82. The van der Waals surface area contributed by atoms with Crippen molar-refractivity contribution in [1.82, 2.24) is 14.8 Å². The van der Waals surface area contributed by atoms with Crippen LogP contribution in [-0.4, -0.2) is 40.5 Å². The summed E-state index contributed by atoms with van der Waals surface area (Å²) in [4.78, 5) is 8.69. The minimum atomic E-state index is -4.38. The molecule has 3 aromatic rings. The van der Waals surface area contributed by atoms with Gasteiger partial charge >= 0.3 is 6.18 Å². The number of piperidine rings is 1. The molecular formula is C27H28F3N3. The van der Waals surface area contributed by atoms with E-state index in [0.29, 0.717) is 19.0 Å². The summed E-state index contributed by atoms with van der Waals surface area (Å²) < 4.78 is 39.0. The van der Waals surface area contributed by atoms with E-state index in [1.807, 2.05) is 0 Å². The molecule has 2 aromatic carbocycles. The topological polar surface area (TPSA) is 19.4 Å². The van der Waals surface area contributed by atoms with Crippen molar-refractivity contribution in [1.29, 1.82) is 0 Å². The zero-order valence-corrected chi connectivity index (χ0v) is 18.5. The molecule has 0 atom stereocenters. The van der Waals surface area contributed by atoms with Crippen LogP contribution in [-0.2, 0) is 19.1 Å². The fraction of sp³-hybridized carbons (Fsp3) is 0.370. The summed E-state index contributed by atoms with van der Waals surface area (Å²) >= 11 is 0. The summed E-state index contributed by atoms with van der Waals surface area (Å²) in [5, 5.41) is 0. The van der Waals surface area contributed by atoms with E-state index in [0.717, 1.165) is 43.6 Å². The summed E-state index contributed by atoms with van der Waals surface area (Å²) in [6.45, 7) is 3.48. The number of hydrogen-bond acceptors (Lipinski definition) is 3. The highest BCUT2D eigenvalue weighted by atomic mass is 19.4. The van der Waals surface area contributed by atoms with Crippen LogP contribution in [0.25, 0.3) is 0 Å². The predicted molar refractivity (Wildman–Crippen MR) is 123 cm³/mol. The predicted octanol–water partition coefficient (Wildman–Crippen LogP) is 5.71. The SMILES string of the molecule is FC(F)(F)c1cc2c(cn1)CN(C1CCN(C(c3ccccc3)c3ccccc3)CC1)CC2. The summed E-state index contributed by atoms with van der Waals surface area (Å²) in [5.74, 6) is 0. The van der Waals surface area contributed by atoms with E-state index in [2.05, 4.69) is 75.4 Å². The van der Waals surface area contributed by atoms with Crippen LogP contribution in [0.2, 0.25) is 0 Å². The van der Waals surface area contributed by atoms with Gasteiger partial charge in [-0.2, -0.15) is 13.2 Å². The Labute approximate surface area is 192 Å². The van der Waals surface area contributed by atoms with Crippen LogP contribution in [0.4, 0.5) is 13.2 Å². The largest absolute Gasteiger partial charge is 0.433 e. The molecule has 0 bridgehead atoms. The smallest absolute Gasteiger partial charge is 0.296 e. The first-order chi connectivity index (χ1) is 16.0. The lowest BCUT2D eigenvalue weighted by Gasteiger charge is -2.43. The molecule has 0 radical (unpaired) electrons. The lowest BCUT2D eigenvalue weighted by Crippen LogP contribution is -2.47. The van der Waals surface area contributed by atoms with Crippen LogP contribution in [0.15, 0.2) is 72.9 Å². The monoisotopic (exact) mass is 451 g/mol. The van der Waals surface area contributed by atoms with Gasteiger partial charge in [0.15, 0.2) is 0 Å². The number of fused-ring (bicyclic) bond motifs is 1. The van der Waals surface area contributed by atoms with Gasteiger partial charge in [0.2, 0.25) is 0 Å². The summed E-state index contributed by atoms with van der Waals surface area (Å²) in [6, 6.07) is 23.2. The van der Waals surface area contributed by atoms with Crippen molar-refractivity contribution >= 4 is 0 Å². The second kappa shape index (κ2) is 9.27. The fourth-order valence-electron chi connectivity index (χ4n) is 5.32. The minimum absolute atomic E-state index is 0.237. The molecule has 0 aliphatic carbocycles. The third-order valence-corrected chi connectivity index (χ3v) is 7.03. The molecule has 1 saturated heterocycles. The van der Waals surface area contributed by atoms with E-state index in [1.165, 1.54) is 23.4 Å². The molecule has 0 unspecified atom stereocenters.